The lowest BCUT2D eigenvalue weighted by Gasteiger charge is -2.17. The molecule has 0 saturated carbocycles. The molecule has 2 amide bonds. The van der Waals surface area contributed by atoms with Crippen LogP contribution in [0.25, 0.3) is 0 Å². The molecule has 1 rings (SSSR count). The summed E-state index contributed by atoms with van der Waals surface area (Å²) in [6.45, 7) is 5.20. The molecule has 0 radical (unpaired) electrons. The first-order chi connectivity index (χ1) is 9.80. The van der Waals surface area contributed by atoms with Crippen molar-refractivity contribution in [3.63, 3.8) is 0 Å². The number of oxazole rings is 1. The third-order valence-electron chi connectivity index (χ3n) is 3.15. The highest BCUT2D eigenvalue weighted by atomic mass is 16.4. The second-order valence-electron chi connectivity index (χ2n) is 4.94. The summed E-state index contributed by atoms with van der Waals surface area (Å²) in [7, 11) is 0. The van der Waals surface area contributed by atoms with Crippen molar-refractivity contribution < 1.29 is 24.2 Å². The number of carbonyl (C=O) groups excluding carboxylic acids is 1. The highest BCUT2D eigenvalue weighted by Gasteiger charge is 2.27. The fourth-order valence-electron chi connectivity index (χ4n) is 1.65. The lowest BCUT2D eigenvalue weighted by molar-refractivity contribution is -0.118. The molecule has 0 fully saturated rings. The average molecular weight is 299 g/mol. The third kappa shape index (κ3) is 4.75. The molecule has 0 bridgehead atoms. The van der Waals surface area contributed by atoms with Gasteiger partial charge in [0.15, 0.2) is 5.76 Å². The van der Waals surface area contributed by atoms with Gasteiger partial charge in [-0.15, -0.1) is 0 Å². The minimum atomic E-state index is -1.27. The number of hydrogen-bond donors (Lipinski definition) is 4. The van der Waals surface area contributed by atoms with E-state index in [0.29, 0.717) is 19.3 Å². The fraction of sp³-hybridized carbons (Fsp3) is 0.615. The van der Waals surface area contributed by atoms with E-state index in [1.807, 2.05) is 6.92 Å². The van der Waals surface area contributed by atoms with Gasteiger partial charge in [0, 0.05) is 0 Å². The SMILES string of the molecule is CCC[C@H](NC(=O)O)C(=O)Nc1ncc(C(C)(O)CC)o1. The Hall–Kier alpha value is -2.09. The van der Waals surface area contributed by atoms with Gasteiger partial charge in [-0.25, -0.2) is 9.78 Å². The van der Waals surface area contributed by atoms with Gasteiger partial charge in [0.25, 0.3) is 5.91 Å². The van der Waals surface area contributed by atoms with Crippen LogP contribution in [-0.2, 0) is 10.4 Å². The van der Waals surface area contributed by atoms with Crippen LogP contribution in [0.5, 0.6) is 0 Å². The van der Waals surface area contributed by atoms with Gasteiger partial charge in [-0.05, 0) is 19.8 Å². The molecule has 0 aliphatic heterocycles. The van der Waals surface area contributed by atoms with Gasteiger partial charge in [0.05, 0.1) is 6.20 Å². The lowest BCUT2D eigenvalue weighted by atomic mass is 10.0. The molecule has 8 heteroatoms. The maximum atomic E-state index is 12.0. The largest absolute Gasteiger partial charge is 0.465 e. The first-order valence-corrected chi connectivity index (χ1v) is 6.79. The number of carboxylic acid groups (broad SMARTS) is 1. The Morgan fingerprint density at radius 2 is 2.14 bits per heavy atom. The summed E-state index contributed by atoms with van der Waals surface area (Å²) in [5.74, 6) is -0.317. The van der Waals surface area contributed by atoms with Gasteiger partial charge in [-0.1, -0.05) is 20.3 Å². The summed E-state index contributed by atoms with van der Waals surface area (Å²) < 4.78 is 5.28. The quantitative estimate of drug-likeness (QED) is 0.607. The molecular formula is C13H21N3O5. The molecule has 2 atom stereocenters. The van der Waals surface area contributed by atoms with E-state index in [2.05, 4.69) is 15.6 Å². The molecule has 8 nitrogen and oxygen atoms in total. The molecule has 0 spiro atoms. The van der Waals surface area contributed by atoms with Gasteiger partial charge in [-0.2, -0.15) is 0 Å². The van der Waals surface area contributed by atoms with E-state index in [1.54, 1.807) is 13.8 Å². The van der Waals surface area contributed by atoms with Gasteiger partial charge in [0.1, 0.15) is 11.6 Å². The Balaban J connectivity index is 2.75. The Labute approximate surface area is 122 Å². The Bertz CT molecular complexity index is 498. The second kappa shape index (κ2) is 7.07. The molecule has 1 heterocycles. The zero-order chi connectivity index (χ0) is 16.0. The summed E-state index contributed by atoms with van der Waals surface area (Å²) in [5.41, 5.74) is -1.17. The van der Waals surface area contributed by atoms with Crippen molar-refractivity contribution in [2.24, 2.45) is 0 Å². The summed E-state index contributed by atoms with van der Waals surface area (Å²) >= 11 is 0. The number of anilines is 1. The van der Waals surface area contributed by atoms with Crippen molar-refractivity contribution in [1.29, 1.82) is 0 Å². The number of hydrogen-bond acceptors (Lipinski definition) is 5. The van der Waals surface area contributed by atoms with Crippen molar-refractivity contribution >= 4 is 18.0 Å². The molecule has 118 valence electrons. The van der Waals surface area contributed by atoms with Crippen molar-refractivity contribution in [3.05, 3.63) is 12.0 Å². The average Bonchev–Trinajstić information content (AvgIpc) is 2.87. The normalized spacial score (nSPS) is 15.0. The molecule has 0 aliphatic rings. The Morgan fingerprint density at radius 3 is 2.67 bits per heavy atom. The van der Waals surface area contributed by atoms with Crippen LogP contribution in [0.4, 0.5) is 10.8 Å². The van der Waals surface area contributed by atoms with Crippen LogP contribution in [0.15, 0.2) is 10.6 Å². The summed E-state index contributed by atoms with van der Waals surface area (Å²) in [6.07, 6.45) is 1.48. The van der Waals surface area contributed by atoms with Crippen LogP contribution >= 0.6 is 0 Å². The van der Waals surface area contributed by atoms with Crippen molar-refractivity contribution in [2.45, 2.75) is 51.7 Å². The predicted molar refractivity (Wildman–Crippen MR) is 74.9 cm³/mol. The van der Waals surface area contributed by atoms with E-state index < -0.39 is 23.6 Å². The van der Waals surface area contributed by atoms with Crippen LogP contribution in [0.3, 0.4) is 0 Å². The standard InChI is InChI=1S/C13H21N3O5/c1-4-6-8(15-12(18)19)10(17)16-11-14-7-9(21-11)13(3,20)5-2/h7-8,15,20H,4-6H2,1-3H3,(H,18,19)(H,14,16,17)/t8-,13?/m0/s1. The Kier molecular flexibility index (Phi) is 5.71. The van der Waals surface area contributed by atoms with Crippen molar-refractivity contribution in [3.8, 4) is 0 Å². The zero-order valence-corrected chi connectivity index (χ0v) is 12.3. The molecule has 21 heavy (non-hydrogen) atoms. The van der Waals surface area contributed by atoms with E-state index in [1.165, 1.54) is 6.20 Å². The summed E-state index contributed by atoms with van der Waals surface area (Å²) in [5, 5.41) is 23.3. The van der Waals surface area contributed by atoms with E-state index in [0.717, 1.165) is 0 Å². The molecule has 1 aromatic heterocycles. The molecule has 1 unspecified atom stereocenters. The number of aliphatic hydroxyl groups is 1. The van der Waals surface area contributed by atoms with Gasteiger partial charge in [-0.3, -0.25) is 10.1 Å². The van der Waals surface area contributed by atoms with E-state index in [-0.39, 0.29) is 11.8 Å². The van der Waals surface area contributed by atoms with E-state index in [4.69, 9.17) is 9.52 Å². The summed E-state index contributed by atoms with van der Waals surface area (Å²) in [4.78, 5) is 26.5. The first-order valence-electron chi connectivity index (χ1n) is 6.79. The smallest absolute Gasteiger partial charge is 0.405 e. The monoisotopic (exact) mass is 299 g/mol. The molecule has 0 aromatic carbocycles. The third-order valence-corrected chi connectivity index (χ3v) is 3.15. The minimum Gasteiger partial charge on any atom is -0.465 e. The lowest BCUT2D eigenvalue weighted by Crippen LogP contribution is -2.43. The van der Waals surface area contributed by atoms with Crippen LogP contribution in [0, 0.1) is 0 Å². The molecule has 1 aromatic rings. The van der Waals surface area contributed by atoms with Gasteiger partial charge in [0.2, 0.25) is 0 Å². The van der Waals surface area contributed by atoms with E-state index in [9.17, 15) is 14.7 Å². The maximum Gasteiger partial charge on any atom is 0.405 e. The fourth-order valence-corrected chi connectivity index (χ4v) is 1.65. The number of nitrogens with zero attached hydrogens (tertiary/aromatic N) is 1. The van der Waals surface area contributed by atoms with Gasteiger partial charge >= 0.3 is 12.1 Å². The zero-order valence-electron chi connectivity index (χ0n) is 12.3. The van der Waals surface area contributed by atoms with Crippen LogP contribution < -0.4 is 10.6 Å². The van der Waals surface area contributed by atoms with Crippen molar-refractivity contribution in [1.82, 2.24) is 10.3 Å². The number of rotatable bonds is 7. The topological polar surface area (TPSA) is 125 Å². The Morgan fingerprint density at radius 1 is 1.48 bits per heavy atom. The van der Waals surface area contributed by atoms with Crippen LogP contribution in [0.1, 0.15) is 45.8 Å². The molecule has 0 aliphatic carbocycles. The van der Waals surface area contributed by atoms with Crippen LogP contribution in [0.2, 0.25) is 0 Å². The second-order valence-corrected chi connectivity index (χ2v) is 4.94. The highest BCUT2D eigenvalue weighted by molar-refractivity contribution is 5.94. The molecule has 4 N–H and O–H groups in total. The predicted octanol–water partition coefficient (Wildman–Crippen LogP) is 1.67. The first kappa shape index (κ1) is 17.0. The minimum absolute atomic E-state index is 0.0722. The molecule has 0 saturated heterocycles. The highest BCUT2D eigenvalue weighted by Crippen LogP contribution is 2.26. The molecular weight excluding hydrogens is 278 g/mol. The number of aromatic nitrogens is 1. The van der Waals surface area contributed by atoms with E-state index >= 15 is 0 Å². The maximum absolute atomic E-state index is 12.0. The number of carbonyl (C=O) groups is 2. The number of amides is 2. The van der Waals surface area contributed by atoms with Crippen LogP contribution in [-0.4, -0.2) is 33.2 Å². The van der Waals surface area contributed by atoms with Gasteiger partial charge < -0.3 is 19.9 Å². The number of nitrogens with one attached hydrogen (secondary N) is 2. The summed E-state index contributed by atoms with van der Waals surface area (Å²) in [6, 6.07) is -0.952. The van der Waals surface area contributed by atoms with Crippen molar-refractivity contribution in [2.75, 3.05) is 5.32 Å².